The molecule has 2 aliphatic heterocycles. The smallest absolute Gasteiger partial charge is 0.352 e. The van der Waals surface area contributed by atoms with E-state index in [9.17, 15) is 10.1 Å². The largest absolute Gasteiger partial charge is 0.414 e. The molecule has 3 rings (SSSR count). The summed E-state index contributed by atoms with van der Waals surface area (Å²) in [5, 5.41) is 10.3. The van der Waals surface area contributed by atoms with Crippen molar-refractivity contribution >= 4 is 22.9 Å². The number of hydrogen-bond acceptors (Lipinski definition) is 8. The normalized spacial score (nSPS) is 30.9. The number of fused-ring (bicyclic) bond motifs is 1. The van der Waals surface area contributed by atoms with Gasteiger partial charge < -0.3 is 23.4 Å². The van der Waals surface area contributed by atoms with Crippen molar-refractivity contribution in [2.45, 2.75) is 102 Å². The number of nitrogens with zero attached hydrogens (tertiary/aromatic N) is 3. The lowest BCUT2D eigenvalue weighted by Crippen LogP contribution is -2.65. The quantitative estimate of drug-likeness (QED) is 0.592. The van der Waals surface area contributed by atoms with E-state index in [0.29, 0.717) is 0 Å². The van der Waals surface area contributed by atoms with Crippen molar-refractivity contribution in [3.63, 3.8) is 0 Å². The van der Waals surface area contributed by atoms with Gasteiger partial charge in [-0.3, -0.25) is 4.57 Å². The zero-order valence-corrected chi connectivity index (χ0v) is 23.9. The van der Waals surface area contributed by atoms with Crippen LogP contribution in [0.15, 0.2) is 17.1 Å². The zero-order chi connectivity index (χ0) is 25.6. The van der Waals surface area contributed by atoms with Gasteiger partial charge in [0.05, 0.1) is 12.7 Å². The SMILES string of the molecule is CC1C2O[Si](C(C)C)(C(C)C)O[Si](C(C)C)(C(C)C)OCC2OC1(C#N)n1ccc(N)nc1=O. The van der Waals surface area contributed by atoms with Crippen LogP contribution >= 0.6 is 0 Å². The summed E-state index contributed by atoms with van der Waals surface area (Å²) in [7, 11) is -5.62. The Bertz CT molecular complexity index is 976. The van der Waals surface area contributed by atoms with E-state index in [-0.39, 0.29) is 34.6 Å². The fourth-order valence-electron chi connectivity index (χ4n) is 5.52. The van der Waals surface area contributed by atoms with Crippen LogP contribution in [0.5, 0.6) is 0 Å². The fourth-order valence-corrected chi connectivity index (χ4v) is 16.8. The van der Waals surface area contributed by atoms with Crippen molar-refractivity contribution in [2.75, 3.05) is 12.3 Å². The molecule has 4 atom stereocenters. The lowest BCUT2D eigenvalue weighted by molar-refractivity contribution is -0.0952. The van der Waals surface area contributed by atoms with E-state index in [4.69, 9.17) is 23.4 Å². The Labute approximate surface area is 205 Å². The van der Waals surface area contributed by atoms with Gasteiger partial charge >= 0.3 is 22.8 Å². The second kappa shape index (κ2) is 9.48. The highest BCUT2D eigenvalue weighted by Crippen LogP contribution is 2.50. The van der Waals surface area contributed by atoms with Gasteiger partial charge in [-0.2, -0.15) is 10.2 Å². The lowest BCUT2D eigenvalue weighted by Gasteiger charge is -2.51. The molecular formula is C23H40N4O5Si2. The van der Waals surface area contributed by atoms with Gasteiger partial charge in [-0.05, 0) is 28.2 Å². The first-order chi connectivity index (χ1) is 15.8. The van der Waals surface area contributed by atoms with E-state index in [2.05, 4.69) is 66.4 Å². The Hall–Kier alpha value is -1.56. The average Bonchev–Trinajstić information content (AvgIpc) is 2.98. The van der Waals surface area contributed by atoms with Crippen LogP contribution in [0, 0.1) is 17.2 Å². The van der Waals surface area contributed by atoms with Gasteiger partial charge in [0, 0.05) is 12.1 Å². The number of nitriles is 1. The summed E-state index contributed by atoms with van der Waals surface area (Å²) in [6.07, 6.45) is 0.459. The van der Waals surface area contributed by atoms with Crippen LogP contribution in [-0.2, 0) is 23.4 Å². The molecule has 0 aliphatic carbocycles. The number of anilines is 1. The number of nitrogens with two attached hydrogens (primary N) is 1. The maximum absolute atomic E-state index is 12.8. The van der Waals surface area contributed by atoms with Gasteiger partial charge in [0.25, 0.3) is 0 Å². The van der Waals surface area contributed by atoms with Gasteiger partial charge in [0.1, 0.15) is 18.0 Å². The zero-order valence-electron chi connectivity index (χ0n) is 21.9. The summed E-state index contributed by atoms with van der Waals surface area (Å²) in [5.41, 5.74) is 4.15. The van der Waals surface area contributed by atoms with Crippen molar-refractivity contribution in [3.8, 4) is 6.07 Å². The third-order valence-corrected chi connectivity index (χ3v) is 17.7. The summed E-state index contributed by atoms with van der Waals surface area (Å²) in [4.78, 5) is 16.6. The maximum Gasteiger partial charge on any atom is 0.352 e. The van der Waals surface area contributed by atoms with E-state index < -0.39 is 46.7 Å². The highest BCUT2D eigenvalue weighted by Gasteiger charge is 2.64. The fraction of sp³-hybridized carbons (Fsp3) is 0.783. The Kier molecular flexibility index (Phi) is 7.54. The van der Waals surface area contributed by atoms with E-state index in [1.807, 2.05) is 6.92 Å². The van der Waals surface area contributed by atoms with Gasteiger partial charge in [0.15, 0.2) is 0 Å². The first-order valence-corrected chi connectivity index (χ1v) is 16.2. The van der Waals surface area contributed by atoms with Crippen molar-refractivity contribution in [1.82, 2.24) is 9.55 Å². The van der Waals surface area contributed by atoms with Crippen LogP contribution in [0.1, 0.15) is 62.3 Å². The molecule has 1 aromatic heterocycles. The number of aromatic nitrogens is 2. The van der Waals surface area contributed by atoms with Crippen molar-refractivity contribution < 1.29 is 17.7 Å². The Balaban J connectivity index is 2.18. The minimum atomic E-state index is -2.88. The summed E-state index contributed by atoms with van der Waals surface area (Å²) >= 11 is 0. The molecule has 34 heavy (non-hydrogen) atoms. The molecule has 0 bridgehead atoms. The second-order valence-corrected chi connectivity index (χ2v) is 19.7. The van der Waals surface area contributed by atoms with Crippen molar-refractivity contribution in [3.05, 3.63) is 22.7 Å². The number of nitrogen functional groups attached to an aromatic ring is 1. The molecule has 0 amide bonds. The van der Waals surface area contributed by atoms with Gasteiger partial charge in [-0.15, -0.1) is 0 Å². The average molecular weight is 509 g/mol. The standard InChI is InChI=1S/C23H40N4O5Si2/c1-14(2)33(15(3)4)29-12-19-21(31-34(32-33,16(5)6)17(7)8)18(9)23(13-24,30-19)27-11-10-20(25)26-22(27)28/h10-11,14-19,21H,12H2,1-9H3,(H2,25,26,28). The van der Waals surface area contributed by atoms with Gasteiger partial charge in [-0.25, -0.2) is 4.79 Å². The highest BCUT2D eigenvalue weighted by atomic mass is 28.5. The first-order valence-electron chi connectivity index (χ1n) is 12.2. The molecule has 11 heteroatoms. The Morgan fingerprint density at radius 1 is 1.12 bits per heavy atom. The molecule has 0 aromatic carbocycles. The Morgan fingerprint density at radius 3 is 2.15 bits per heavy atom. The van der Waals surface area contributed by atoms with E-state index in [1.54, 1.807) is 0 Å². The summed E-state index contributed by atoms with van der Waals surface area (Å²) in [6, 6.07) is 3.76. The van der Waals surface area contributed by atoms with Crippen LogP contribution in [0.25, 0.3) is 0 Å². The van der Waals surface area contributed by atoms with Crippen molar-refractivity contribution in [2.24, 2.45) is 5.92 Å². The van der Waals surface area contributed by atoms with Crippen LogP contribution in [-0.4, -0.2) is 45.5 Å². The predicted molar refractivity (Wildman–Crippen MR) is 134 cm³/mol. The molecule has 2 N–H and O–H groups in total. The number of rotatable bonds is 5. The molecule has 2 fully saturated rings. The molecule has 2 aliphatic rings. The second-order valence-electron chi connectivity index (χ2n) is 10.8. The minimum absolute atomic E-state index is 0.0923. The van der Waals surface area contributed by atoms with Crippen LogP contribution in [0.3, 0.4) is 0 Å². The minimum Gasteiger partial charge on any atom is -0.414 e. The molecular weight excluding hydrogens is 468 g/mol. The molecule has 4 unspecified atom stereocenters. The molecule has 9 nitrogen and oxygen atoms in total. The third kappa shape index (κ3) is 4.08. The van der Waals surface area contributed by atoms with Gasteiger partial charge in [0.2, 0.25) is 5.72 Å². The highest BCUT2D eigenvalue weighted by molar-refractivity contribution is 6.83. The number of hydrogen-bond donors (Lipinski definition) is 1. The summed E-state index contributed by atoms with van der Waals surface area (Å²) in [5.74, 6) is -0.385. The molecule has 190 valence electrons. The summed E-state index contributed by atoms with van der Waals surface area (Å²) < 4.78 is 28.7. The summed E-state index contributed by atoms with van der Waals surface area (Å²) in [6.45, 7) is 19.3. The molecule has 0 spiro atoms. The maximum atomic E-state index is 12.8. The van der Waals surface area contributed by atoms with E-state index >= 15 is 0 Å². The van der Waals surface area contributed by atoms with E-state index in [0.717, 1.165) is 0 Å². The molecule has 0 radical (unpaired) electrons. The molecule has 1 aromatic rings. The van der Waals surface area contributed by atoms with Crippen LogP contribution in [0.4, 0.5) is 5.82 Å². The van der Waals surface area contributed by atoms with Crippen molar-refractivity contribution in [1.29, 1.82) is 5.26 Å². The van der Waals surface area contributed by atoms with Crippen LogP contribution < -0.4 is 11.4 Å². The first kappa shape index (κ1) is 27.0. The number of ether oxygens (including phenoxy) is 1. The molecule has 0 saturated carbocycles. The van der Waals surface area contributed by atoms with Gasteiger partial charge in [-0.1, -0.05) is 62.3 Å². The predicted octanol–water partition coefficient (Wildman–Crippen LogP) is 3.99. The third-order valence-electron chi connectivity index (χ3n) is 7.48. The Morgan fingerprint density at radius 2 is 1.68 bits per heavy atom. The van der Waals surface area contributed by atoms with E-state index in [1.165, 1.54) is 16.8 Å². The molecule has 3 heterocycles. The lowest BCUT2D eigenvalue weighted by atomic mass is 9.94. The topological polar surface area (TPSA) is 122 Å². The monoisotopic (exact) mass is 508 g/mol. The van der Waals surface area contributed by atoms with Crippen LogP contribution in [0.2, 0.25) is 22.2 Å². The molecule has 2 saturated heterocycles.